The van der Waals surface area contributed by atoms with Crippen molar-refractivity contribution in [2.24, 2.45) is 0 Å². The van der Waals surface area contributed by atoms with Gasteiger partial charge in [-0.2, -0.15) is 0 Å². The van der Waals surface area contributed by atoms with Gasteiger partial charge in [0.15, 0.2) is 0 Å². The van der Waals surface area contributed by atoms with Crippen LogP contribution in [-0.2, 0) is 4.84 Å². The number of benzene rings is 1. The molecule has 0 atom stereocenters. The normalized spacial score (nSPS) is 12.2. The fourth-order valence-corrected chi connectivity index (χ4v) is 0.996. The summed E-state index contributed by atoms with van der Waals surface area (Å²) in [4.78, 5) is 23.4. The third-order valence-electron chi connectivity index (χ3n) is 2.08. The molecule has 0 aromatic carbocycles. The average molecular weight is 269 g/mol. The summed E-state index contributed by atoms with van der Waals surface area (Å²) >= 11 is 1.10. The van der Waals surface area contributed by atoms with Crippen molar-refractivity contribution in [3.63, 3.8) is 0 Å². The molecule has 7 heteroatoms. The van der Waals surface area contributed by atoms with Gasteiger partial charge < -0.3 is 19.0 Å². The van der Waals surface area contributed by atoms with Crippen LogP contribution in [0.3, 0.4) is 0 Å². The third kappa shape index (κ3) is 4.96. The Morgan fingerprint density at radius 2 is 1.89 bits per heavy atom. The highest BCUT2D eigenvalue weighted by molar-refractivity contribution is 7.96. The predicted molar refractivity (Wildman–Crippen MR) is 66.4 cm³/mol. The minimum Gasteiger partial charge on any atom is -0.529 e. The fraction of sp³-hybridized carbons (Fsp3) is 0.273. The number of hydrogen-bond donors (Lipinski definition) is 0. The molecule has 6 nitrogen and oxygen atoms in total. The standard InChI is InChI=1S/C6H4.C3H7NO2S.C2H3NO2/c1-2-5-4-6(5)3-1;1-4(7-2)3(5)6;1-3-2(4)5-3/h1-4H;1-2H3,(H,5,6);1H3/p-1. The Morgan fingerprint density at radius 3 is 1.94 bits per heavy atom. The van der Waals surface area contributed by atoms with Gasteiger partial charge in [-0.3, -0.25) is 0 Å². The van der Waals surface area contributed by atoms with E-state index in [1.807, 2.05) is 0 Å². The van der Waals surface area contributed by atoms with E-state index in [4.69, 9.17) is 0 Å². The molecule has 3 aliphatic rings. The highest BCUT2D eigenvalue weighted by Gasteiger charge is 2.28. The van der Waals surface area contributed by atoms with Gasteiger partial charge in [-0.25, -0.2) is 4.79 Å². The van der Waals surface area contributed by atoms with Crippen LogP contribution >= 0.6 is 11.9 Å². The lowest BCUT2D eigenvalue weighted by molar-refractivity contribution is -0.257. The van der Waals surface area contributed by atoms with Gasteiger partial charge in [-0.1, -0.05) is 30.1 Å². The van der Waals surface area contributed by atoms with Crippen molar-refractivity contribution in [3.05, 3.63) is 24.3 Å². The Kier molecular flexibility index (Phi) is 4.85. The lowest BCUT2D eigenvalue weighted by Crippen LogP contribution is -2.33. The maximum absolute atomic E-state index is 9.72. The van der Waals surface area contributed by atoms with Crippen molar-refractivity contribution in [2.45, 2.75) is 0 Å². The van der Waals surface area contributed by atoms with Gasteiger partial charge in [0, 0.05) is 13.3 Å². The largest absolute Gasteiger partial charge is 0.529 e. The third-order valence-corrected chi connectivity index (χ3v) is 2.78. The van der Waals surface area contributed by atoms with Crippen LogP contribution in [0.4, 0.5) is 9.59 Å². The summed E-state index contributed by atoms with van der Waals surface area (Å²) in [5.74, 6) is 0. The molecule has 1 saturated heterocycles. The summed E-state index contributed by atoms with van der Waals surface area (Å²) in [6, 6.07) is 8.48. The van der Waals surface area contributed by atoms with Crippen LogP contribution in [0.2, 0.25) is 0 Å². The van der Waals surface area contributed by atoms with E-state index >= 15 is 0 Å². The summed E-state index contributed by atoms with van der Waals surface area (Å²) in [6.45, 7) is 0. The molecule has 0 spiro atoms. The Bertz CT molecular complexity index is 435. The minimum absolute atomic E-state index is 0.245. The lowest BCUT2D eigenvalue weighted by atomic mass is 10.6. The molecular formula is C11H13N2O4S-. The molecule has 0 aromatic heterocycles. The number of rotatable bonds is 1. The van der Waals surface area contributed by atoms with E-state index in [0.717, 1.165) is 21.3 Å². The van der Waals surface area contributed by atoms with E-state index < -0.39 is 6.09 Å². The molecule has 18 heavy (non-hydrogen) atoms. The van der Waals surface area contributed by atoms with Crippen LogP contribution < -0.4 is 5.11 Å². The van der Waals surface area contributed by atoms with Crippen LogP contribution in [0, 0.1) is 0 Å². The molecule has 0 N–H and O–H groups in total. The van der Waals surface area contributed by atoms with E-state index in [9.17, 15) is 14.7 Å². The fourth-order valence-electron chi connectivity index (χ4n) is 0.847. The van der Waals surface area contributed by atoms with Crippen molar-refractivity contribution in [3.8, 4) is 11.1 Å². The average Bonchev–Trinajstić information content (AvgIpc) is 3.20. The molecule has 0 radical (unpaired) electrons. The van der Waals surface area contributed by atoms with Crippen molar-refractivity contribution < 1.29 is 19.5 Å². The quantitative estimate of drug-likeness (QED) is 0.574. The Labute approximate surface area is 109 Å². The van der Waals surface area contributed by atoms with Gasteiger partial charge in [-0.05, 0) is 17.2 Å². The highest BCUT2D eigenvalue weighted by atomic mass is 32.2. The van der Waals surface area contributed by atoms with Crippen LogP contribution in [0.5, 0.6) is 0 Å². The SMILES string of the molecule is CN1OC1=O.CSN(C)C(=O)[O-].c1cc2cc-2c1. The van der Waals surface area contributed by atoms with Crippen molar-refractivity contribution in [2.75, 3.05) is 20.4 Å². The molecule has 98 valence electrons. The second-order valence-electron chi connectivity index (χ2n) is 3.38. The number of carboxylic acid groups (broad SMARTS) is 1. The van der Waals surface area contributed by atoms with Crippen molar-refractivity contribution >= 4 is 24.1 Å². The van der Waals surface area contributed by atoms with Gasteiger partial charge in [0.2, 0.25) is 0 Å². The molecule has 0 bridgehead atoms. The van der Waals surface area contributed by atoms with Crippen molar-refractivity contribution in [1.82, 2.24) is 9.37 Å². The first kappa shape index (κ1) is 14.2. The molecule has 3 rings (SSSR count). The van der Waals surface area contributed by atoms with Gasteiger partial charge in [0.1, 0.15) is 6.09 Å². The number of carbonyl (C=O) groups excluding carboxylic acids is 2. The zero-order valence-electron chi connectivity index (χ0n) is 10.2. The molecule has 1 aliphatic heterocycles. The zero-order chi connectivity index (χ0) is 13.7. The summed E-state index contributed by atoms with van der Waals surface area (Å²) in [5, 5.41) is 10.9. The van der Waals surface area contributed by atoms with Gasteiger partial charge >= 0.3 is 6.09 Å². The highest BCUT2D eigenvalue weighted by Crippen LogP contribution is 2.32. The first-order valence-electron chi connectivity index (χ1n) is 5.00. The Hall–Kier alpha value is -1.89. The van der Waals surface area contributed by atoms with Gasteiger partial charge in [-0.15, -0.1) is 5.06 Å². The Balaban J connectivity index is 0.000000136. The molecule has 2 amide bonds. The second-order valence-corrected chi connectivity index (χ2v) is 4.29. The summed E-state index contributed by atoms with van der Waals surface area (Å²) in [6.07, 6.45) is 0.257. The number of carbonyl (C=O) groups is 2. The molecule has 0 aromatic rings. The van der Waals surface area contributed by atoms with E-state index in [-0.39, 0.29) is 6.09 Å². The maximum Gasteiger partial charge on any atom is 0.467 e. The van der Waals surface area contributed by atoms with Crippen LogP contribution in [0.1, 0.15) is 0 Å². The van der Waals surface area contributed by atoms with Crippen LogP contribution in [0.25, 0.3) is 11.1 Å². The van der Waals surface area contributed by atoms with Crippen molar-refractivity contribution in [1.29, 1.82) is 0 Å². The molecule has 1 fully saturated rings. The molecule has 1 heterocycles. The Morgan fingerprint density at radius 1 is 1.44 bits per heavy atom. The number of hydroxylamine groups is 2. The minimum atomic E-state index is -1.16. The van der Waals surface area contributed by atoms with Gasteiger partial charge in [0.05, 0.1) is 7.05 Å². The predicted octanol–water partition coefficient (Wildman–Crippen LogP) is 1.19. The second kappa shape index (κ2) is 6.15. The number of hydrogen-bond acceptors (Lipinski definition) is 5. The first-order valence-corrected chi connectivity index (χ1v) is 6.18. The zero-order valence-corrected chi connectivity index (χ0v) is 11.1. The van der Waals surface area contributed by atoms with E-state index in [1.165, 1.54) is 18.2 Å². The topological polar surface area (TPSA) is 76.0 Å². The monoisotopic (exact) mass is 269 g/mol. The summed E-state index contributed by atoms with van der Waals surface area (Å²) in [5.41, 5.74) is 2.85. The smallest absolute Gasteiger partial charge is 0.467 e. The molecular weight excluding hydrogens is 256 g/mol. The van der Waals surface area contributed by atoms with Crippen LogP contribution in [-0.4, -0.2) is 41.9 Å². The van der Waals surface area contributed by atoms with E-state index in [2.05, 4.69) is 29.1 Å². The summed E-state index contributed by atoms with van der Waals surface area (Å²) in [7, 11) is 2.99. The first-order chi connectivity index (χ1) is 8.45. The van der Waals surface area contributed by atoms with Gasteiger partial charge in [0.25, 0.3) is 0 Å². The van der Waals surface area contributed by atoms with E-state index in [0.29, 0.717) is 0 Å². The molecule has 0 saturated carbocycles. The van der Waals surface area contributed by atoms with E-state index in [1.54, 1.807) is 13.3 Å². The number of nitrogens with zero attached hydrogens (tertiary/aromatic N) is 2. The number of fused-ring (bicyclic) bond motifs is 1. The molecule has 0 unspecified atom stereocenters. The lowest BCUT2D eigenvalue weighted by Gasteiger charge is -2.13. The summed E-state index contributed by atoms with van der Waals surface area (Å²) < 4.78 is 1.01. The molecule has 2 aliphatic carbocycles. The van der Waals surface area contributed by atoms with Crippen LogP contribution in [0.15, 0.2) is 24.3 Å². The maximum atomic E-state index is 9.72. The number of amides is 2.